The highest BCUT2D eigenvalue weighted by Crippen LogP contribution is 2.39. The van der Waals surface area contributed by atoms with Gasteiger partial charge in [-0.25, -0.2) is 9.59 Å². The topological polar surface area (TPSA) is 250 Å². The van der Waals surface area contributed by atoms with Crippen LogP contribution in [0.25, 0.3) is 0 Å². The molecule has 33 heteroatoms. The number of carbonyl (C=O) groups is 5. The molecule has 80 heavy (non-hydrogen) atoms. The van der Waals surface area contributed by atoms with Crippen molar-refractivity contribution in [2.24, 2.45) is 11.8 Å². The lowest BCUT2D eigenvalue weighted by Crippen LogP contribution is -2.53. The Bertz CT molecular complexity index is 2600. The van der Waals surface area contributed by atoms with E-state index < -0.39 is 85.4 Å². The number of Topliss-reactive ketones (excluding diaryl/α,β-unsaturated/α-hetero) is 1. The molecule has 0 aliphatic carbocycles. The van der Waals surface area contributed by atoms with Crippen LogP contribution in [-0.2, 0) is 67.7 Å². The Labute approximate surface area is 459 Å². The Hall–Kier alpha value is -5.15. The molecule has 2 atom stereocenters. The molecule has 3 saturated heterocycles. The van der Waals surface area contributed by atoms with Crippen LogP contribution in [0.5, 0.6) is 0 Å². The first-order chi connectivity index (χ1) is 36.6. The van der Waals surface area contributed by atoms with Gasteiger partial charge >= 0.3 is 70.8 Å². The minimum Gasteiger partial charge on any atom is -0.465 e. The maximum Gasteiger partial charge on any atom is 0.534 e. The quantitative estimate of drug-likeness (QED) is 0.0611. The van der Waals surface area contributed by atoms with Crippen LogP contribution in [0, 0.1) is 11.8 Å². The van der Waals surface area contributed by atoms with Crippen molar-refractivity contribution in [3.05, 3.63) is 42.2 Å². The summed E-state index contributed by atoms with van der Waals surface area (Å²) >= 11 is 0. The summed E-state index contributed by atoms with van der Waals surface area (Å²) in [7, 11) is -19.3. The van der Waals surface area contributed by atoms with Gasteiger partial charge in [0.2, 0.25) is 0 Å². The van der Waals surface area contributed by atoms with Crippen molar-refractivity contribution in [3.8, 4) is 0 Å². The molecule has 4 aliphatic rings. The molecule has 1 aromatic rings. The lowest BCUT2D eigenvalue weighted by Gasteiger charge is -2.41. The van der Waals surface area contributed by atoms with Crippen LogP contribution in [0.3, 0.4) is 0 Å². The van der Waals surface area contributed by atoms with Crippen LogP contribution in [-0.4, -0.2) is 180 Å². The van der Waals surface area contributed by atoms with E-state index in [4.69, 9.17) is 18.9 Å². The third-order valence-corrected chi connectivity index (χ3v) is 16.8. The Morgan fingerprint density at radius 1 is 0.575 bits per heavy atom. The van der Waals surface area contributed by atoms with E-state index in [2.05, 4.69) is 9.08 Å². The summed E-state index contributed by atoms with van der Waals surface area (Å²) in [6, 6.07) is 2.84. The number of alkyl halides is 9. The van der Waals surface area contributed by atoms with Gasteiger partial charge < -0.3 is 32.9 Å². The van der Waals surface area contributed by atoms with Crippen molar-refractivity contribution in [3.63, 3.8) is 0 Å². The number of piperidine rings is 3. The van der Waals surface area contributed by atoms with Crippen LogP contribution < -0.4 is 3.71 Å². The summed E-state index contributed by atoms with van der Waals surface area (Å²) in [6.45, 7) is 18.1. The van der Waals surface area contributed by atoms with Gasteiger partial charge in [0.15, 0.2) is 0 Å². The number of rotatable bonds is 13. The minimum absolute atomic E-state index is 0.0263. The van der Waals surface area contributed by atoms with Crippen LogP contribution in [0.15, 0.2) is 42.2 Å². The molecule has 2 unspecified atom stereocenters. The summed E-state index contributed by atoms with van der Waals surface area (Å²) in [6.07, 6.45) is 3.86. The maximum absolute atomic E-state index is 12.7. The number of nitrogens with zero attached hydrogens (tertiary/aromatic N) is 5. The average molecular weight is 1230 g/mol. The van der Waals surface area contributed by atoms with Gasteiger partial charge in [-0.05, 0) is 111 Å². The number of halogens is 9. The largest absolute Gasteiger partial charge is 0.534 e. The van der Waals surface area contributed by atoms with E-state index in [1.807, 2.05) is 20.8 Å². The predicted molar refractivity (Wildman–Crippen MR) is 267 cm³/mol. The molecule has 2 amide bonds. The summed E-state index contributed by atoms with van der Waals surface area (Å²) in [5.74, 6) is -0.764. The molecule has 0 N–H and O–H groups in total. The molecule has 0 radical (unpaired) electrons. The zero-order chi connectivity index (χ0) is 61.0. The molecule has 4 heterocycles. The van der Waals surface area contributed by atoms with E-state index in [0.29, 0.717) is 83.7 Å². The summed E-state index contributed by atoms with van der Waals surface area (Å²) in [5.41, 5.74) is -20.4. The van der Waals surface area contributed by atoms with Gasteiger partial charge in [0.05, 0.1) is 18.9 Å². The van der Waals surface area contributed by atoms with E-state index in [9.17, 15) is 88.7 Å². The standard InChI is InChI=1S/C20H31F3N2O7S.C19H32N2O5.C8H5F6NO4S2/c1-5-30-17(26)16(14-6-10-25(11-7-14)18(27)31-19(2,3)4)24-12-8-15(9-13-24)32-33(28,29)20(21,22)23;1-5-25-17(23)16(20-12-8-15(22)9-13-20)14-6-10-21(11-7-14)18(24)26-19(2,3)4;9-7(10,11)20(16,17)15(6-4-2-1-3-5-6)21(18,19)8(12,13)14/h8,14,16H,5-7,9-13H2,1-4H3;14,16H,5-13H2,1-4H3;1-5H. The lowest BCUT2D eigenvalue weighted by atomic mass is 9.87. The number of ether oxygens (including phenoxy) is 4. The third kappa shape index (κ3) is 19.5. The molecule has 3 fully saturated rings. The normalized spacial score (nSPS) is 18.9. The summed E-state index contributed by atoms with van der Waals surface area (Å²) in [5, 5.41) is 0. The van der Waals surface area contributed by atoms with E-state index in [0.717, 1.165) is 31.0 Å². The number of amides is 2. The molecule has 0 saturated carbocycles. The molecule has 21 nitrogen and oxygen atoms in total. The Morgan fingerprint density at radius 2 is 0.950 bits per heavy atom. The zero-order valence-corrected chi connectivity index (χ0v) is 47.6. The van der Waals surface area contributed by atoms with E-state index in [1.54, 1.807) is 49.3 Å². The van der Waals surface area contributed by atoms with Gasteiger partial charge in [0.1, 0.15) is 34.8 Å². The second kappa shape index (κ2) is 27.7. The van der Waals surface area contributed by atoms with E-state index >= 15 is 0 Å². The SMILES string of the molecule is CCOC(=O)C(C1CCN(C(=O)OC(C)(C)C)CC1)N1CC=C(OS(=O)(=O)C(F)(F)F)CC1.CCOC(=O)C(C1CCN(C(=O)OC(C)(C)C)CC1)N1CCC(=O)CC1.O=S(=O)(N(c1ccccc1)S(=O)(=O)C(F)(F)F)C(F)(F)F. The van der Waals surface area contributed by atoms with Crippen LogP contribution >= 0.6 is 0 Å². The number of anilines is 1. The number of sulfonamides is 2. The highest BCUT2D eigenvalue weighted by atomic mass is 32.3. The third-order valence-electron chi connectivity index (χ3n) is 12.2. The fraction of sp³-hybridized carbons (Fsp3) is 0.723. The first kappa shape index (κ1) is 69.1. The van der Waals surface area contributed by atoms with Gasteiger partial charge in [0, 0.05) is 71.6 Å². The predicted octanol–water partition coefficient (Wildman–Crippen LogP) is 7.44. The number of ketones is 1. The molecule has 0 bridgehead atoms. The second-order valence-electron chi connectivity index (χ2n) is 20.4. The number of hydrogen-bond acceptors (Lipinski definition) is 18. The molecule has 0 aromatic heterocycles. The van der Waals surface area contributed by atoms with Gasteiger partial charge in [-0.1, -0.05) is 18.2 Å². The van der Waals surface area contributed by atoms with Gasteiger partial charge in [0.25, 0.3) is 0 Å². The fourth-order valence-electron chi connectivity index (χ4n) is 8.56. The Balaban J connectivity index is 0.000000324. The Kier molecular flexibility index (Phi) is 24.0. The number of likely N-dealkylation sites (tertiary alicyclic amines) is 3. The monoisotopic (exact) mass is 1230 g/mol. The van der Waals surface area contributed by atoms with E-state index in [1.165, 1.54) is 6.08 Å². The summed E-state index contributed by atoms with van der Waals surface area (Å²) < 4.78 is 203. The minimum atomic E-state index is -6.81. The van der Waals surface area contributed by atoms with Crippen molar-refractivity contribution < 1.29 is 112 Å². The highest BCUT2D eigenvalue weighted by Gasteiger charge is 2.62. The van der Waals surface area contributed by atoms with Gasteiger partial charge in [-0.15, -0.1) is 3.71 Å². The molecular weight excluding hydrogens is 1160 g/mol. The zero-order valence-electron chi connectivity index (χ0n) is 45.2. The van der Waals surface area contributed by atoms with Crippen molar-refractivity contribution in [1.82, 2.24) is 19.6 Å². The van der Waals surface area contributed by atoms with Crippen LogP contribution in [0.4, 0.5) is 54.8 Å². The maximum atomic E-state index is 12.7. The number of esters is 2. The summed E-state index contributed by atoms with van der Waals surface area (Å²) in [4.78, 5) is 68.5. The molecule has 5 rings (SSSR count). The molecular formula is C47H68F9N5O16S3. The van der Waals surface area contributed by atoms with Crippen LogP contribution in [0.2, 0.25) is 0 Å². The van der Waals surface area contributed by atoms with E-state index in [-0.39, 0.29) is 67.6 Å². The smallest absolute Gasteiger partial charge is 0.465 e. The average Bonchev–Trinajstić information content (AvgIpc) is 3.32. The molecule has 1 aromatic carbocycles. The second-order valence-corrected chi connectivity index (χ2v) is 25.7. The van der Waals surface area contributed by atoms with Crippen molar-refractivity contribution >= 4 is 65.8 Å². The van der Waals surface area contributed by atoms with Gasteiger partial charge in [-0.2, -0.15) is 64.8 Å². The molecule has 458 valence electrons. The Morgan fingerprint density at radius 3 is 1.27 bits per heavy atom. The van der Waals surface area contributed by atoms with Crippen molar-refractivity contribution in [2.45, 2.75) is 140 Å². The lowest BCUT2D eigenvalue weighted by molar-refractivity contribution is -0.154. The first-order valence-electron chi connectivity index (χ1n) is 25.0. The number of hydrogen-bond donors (Lipinski definition) is 0. The highest BCUT2D eigenvalue weighted by molar-refractivity contribution is 8.11. The van der Waals surface area contributed by atoms with Crippen LogP contribution in [0.1, 0.15) is 100 Å². The number of carbonyl (C=O) groups excluding carboxylic acids is 5. The van der Waals surface area contributed by atoms with Crippen molar-refractivity contribution in [1.29, 1.82) is 0 Å². The first-order valence-corrected chi connectivity index (χ1v) is 29.3. The molecule has 4 aliphatic heterocycles. The number of benzene rings is 1. The van der Waals surface area contributed by atoms with Crippen molar-refractivity contribution in [2.75, 3.05) is 69.3 Å². The number of para-hydroxylation sites is 1. The van der Waals surface area contributed by atoms with Gasteiger partial charge in [-0.3, -0.25) is 24.2 Å². The fourth-order valence-corrected chi connectivity index (χ4v) is 11.8. The molecule has 0 spiro atoms.